The van der Waals surface area contributed by atoms with Crippen molar-refractivity contribution in [3.8, 4) is 22.9 Å². The highest BCUT2D eigenvalue weighted by molar-refractivity contribution is 7.99. The van der Waals surface area contributed by atoms with Crippen LogP contribution in [0.2, 0.25) is 0 Å². The average Bonchev–Trinajstić information content (AvgIpc) is 3.22. The number of fused-ring (bicyclic) bond motifs is 2. The third-order valence-corrected chi connectivity index (χ3v) is 5.34. The maximum absolute atomic E-state index is 5.68. The minimum Gasteiger partial charge on any atom is -0.486 e. The number of thioether (sulfide) groups is 1. The number of aromatic nitrogens is 3. The number of ether oxygens (including phenoxy) is 2. The Kier molecular flexibility index (Phi) is 3.34. The Hall–Kier alpha value is -2.67. The molecule has 0 fully saturated rings. The molecule has 2 aliphatic rings. The molecule has 1 unspecified atom stereocenters. The average molecular weight is 352 g/mol. The van der Waals surface area contributed by atoms with Gasteiger partial charge in [0.05, 0.1) is 0 Å². The molecule has 0 saturated heterocycles. The smallest absolute Gasteiger partial charge is 0.212 e. The number of nitrogens with zero attached hydrogens (tertiary/aromatic N) is 3. The Balaban J connectivity index is 1.48. The summed E-state index contributed by atoms with van der Waals surface area (Å²) in [4.78, 5) is 0. The van der Waals surface area contributed by atoms with E-state index in [1.807, 2.05) is 22.9 Å². The highest BCUT2D eigenvalue weighted by Gasteiger charge is 2.28. The number of nitrogens with one attached hydrogen (secondary N) is 1. The fraction of sp³-hybridized carbons (Fsp3) is 0.222. The molecule has 2 aliphatic heterocycles. The minimum absolute atomic E-state index is 0.126. The third kappa shape index (κ3) is 2.51. The fourth-order valence-corrected chi connectivity index (χ4v) is 4.04. The lowest BCUT2D eigenvalue weighted by Gasteiger charge is -2.19. The second kappa shape index (κ2) is 5.70. The van der Waals surface area contributed by atoms with Gasteiger partial charge in [0, 0.05) is 5.56 Å². The maximum Gasteiger partial charge on any atom is 0.212 e. The summed E-state index contributed by atoms with van der Waals surface area (Å²) in [7, 11) is 0. The van der Waals surface area contributed by atoms with Crippen LogP contribution in [0.25, 0.3) is 11.4 Å². The number of hydrogen-bond donors (Lipinski definition) is 1. The SMILES string of the molecule is Cc1cccc(C2Nn3c(nnc3-c3ccc4c(c3)OCCO4)S2)c1. The normalized spacial score (nSPS) is 17.9. The first kappa shape index (κ1) is 14.7. The molecule has 0 amide bonds. The van der Waals surface area contributed by atoms with Gasteiger partial charge in [-0.25, -0.2) is 4.68 Å². The number of benzene rings is 2. The van der Waals surface area contributed by atoms with Crippen molar-refractivity contribution < 1.29 is 9.47 Å². The second-order valence-electron chi connectivity index (χ2n) is 6.04. The molecule has 0 radical (unpaired) electrons. The van der Waals surface area contributed by atoms with E-state index >= 15 is 0 Å². The predicted octanol–water partition coefficient (Wildman–Crippen LogP) is 3.37. The van der Waals surface area contributed by atoms with E-state index in [2.05, 4.69) is 46.8 Å². The van der Waals surface area contributed by atoms with Crippen molar-refractivity contribution in [1.82, 2.24) is 14.9 Å². The third-order valence-electron chi connectivity index (χ3n) is 4.25. The van der Waals surface area contributed by atoms with Crippen LogP contribution in [0.1, 0.15) is 16.5 Å². The largest absolute Gasteiger partial charge is 0.486 e. The number of rotatable bonds is 2. The van der Waals surface area contributed by atoms with Crippen LogP contribution in [-0.2, 0) is 0 Å². The molecule has 5 rings (SSSR count). The summed E-state index contributed by atoms with van der Waals surface area (Å²) in [5, 5.41) is 9.64. The molecule has 1 aromatic heterocycles. The van der Waals surface area contributed by atoms with Crippen LogP contribution in [0.3, 0.4) is 0 Å². The van der Waals surface area contributed by atoms with Crippen LogP contribution in [0.15, 0.2) is 47.6 Å². The van der Waals surface area contributed by atoms with Gasteiger partial charge in [0.2, 0.25) is 5.16 Å². The van der Waals surface area contributed by atoms with Crippen LogP contribution in [0.4, 0.5) is 0 Å². The van der Waals surface area contributed by atoms with E-state index < -0.39 is 0 Å². The second-order valence-corrected chi connectivity index (χ2v) is 7.11. The lowest BCUT2D eigenvalue weighted by Crippen LogP contribution is -2.16. The predicted molar refractivity (Wildman–Crippen MR) is 95.6 cm³/mol. The Bertz CT molecular complexity index is 956. The molecule has 1 N–H and O–H groups in total. The standard InChI is InChI=1S/C18H16N4O2S/c1-11-3-2-4-13(9-11)17-21-22-16(19-20-18(22)25-17)12-5-6-14-15(10-12)24-8-7-23-14/h2-6,9-10,17,21H,7-8H2,1H3. The molecule has 0 spiro atoms. The van der Waals surface area contributed by atoms with Crippen LogP contribution in [0.5, 0.6) is 11.5 Å². The molecule has 126 valence electrons. The summed E-state index contributed by atoms with van der Waals surface area (Å²) >= 11 is 1.66. The summed E-state index contributed by atoms with van der Waals surface area (Å²) in [6, 6.07) is 14.4. The van der Waals surface area contributed by atoms with Crippen molar-refractivity contribution >= 4 is 11.8 Å². The quantitative estimate of drug-likeness (QED) is 0.763. The van der Waals surface area contributed by atoms with E-state index in [0.717, 1.165) is 28.0 Å². The summed E-state index contributed by atoms with van der Waals surface area (Å²) in [6.45, 7) is 3.25. The van der Waals surface area contributed by atoms with E-state index in [4.69, 9.17) is 9.47 Å². The highest BCUT2D eigenvalue weighted by Crippen LogP contribution is 2.41. The van der Waals surface area contributed by atoms with Crippen LogP contribution >= 0.6 is 11.8 Å². The molecule has 6 nitrogen and oxygen atoms in total. The molecule has 1 atom stereocenters. The molecule has 3 aromatic rings. The molecular formula is C18H16N4O2S. The zero-order chi connectivity index (χ0) is 16.8. The van der Waals surface area contributed by atoms with Gasteiger partial charge in [-0.3, -0.25) is 0 Å². The Morgan fingerprint density at radius 1 is 1.08 bits per heavy atom. The van der Waals surface area contributed by atoms with Gasteiger partial charge in [0.25, 0.3) is 0 Å². The van der Waals surface area contributed by atoms with E-state index in [1.54, 1.807) is 11.8 Å². The van der Waals surface area contributed by atoms with Gasteiger partial charge < -0.3 is 14.9 Å². The Morgan fingerprint density at radius 2 is 1.96 bits per heavy atom. The number of aryl methyl sites for hydroxylation is 1. The summed E-state index contributed by atoms with van der Waals surface area (Å²) in [6.07, 6.45) is 0. The molecule has 0 saturated carbocycles. The van der Waals surface area contributed by atoms with Gasteiger partial charge in [0.1, 0.15) is 18.6 Å². The molecule has 3 heterocycles. The van der Waals surface area contributed by atoms with E-state index in [1.165, 1.54) is 11.1 Å². The topological polar surface area (TPSA) is 61.2 Å². The lowest BCUT2D eigenvalue weighted by atomic mass is 10.1. The highest BCUT2D eigenvalue weighted by atomic mass is 32.2. The fourth-order valence-electron chi connectivity index (χ4n) is 3.06. The summed E-state index contributed by atoms with van der Waals surface area (Å²) in [5.41, 5.74) is 6.90. The van der Waals surface area contributed by atoms with E-state index in [-0.39, 0.29) is 5.37 Å². The Labute approximate surface area is 149 Å². The van der Waals surface area contributed by atoms with Gasteiger partial charge in [-0.2, -0.15) is 0 Å². The van der Waals surface area contributed by atoms with Gasteiger partial charge in [-0.15, -0.1) is 10.2 Å². The zero-order valence-corrected chi connectivity index (χ0v) is 14.4. The summed E-state index contributed by atoms with van der Waals surface area (Å²) in [5.74, 6) is 2.30. The van der Waals surface area contributed by atoms with E-state index in [0.29, 0.717) is 13.2 Å². The van der Waals surface area contributed by atoms with Gasteiger partial charge >= 0.3 is 0 Å². The van der Waals surface area contributed by atoms with Crippen molar-refractivity contribution in [3.63, 3.8) is 0 Å². The van der Waals surface area contributed by atoms with Crippen molar-refractivity contribution in [1.29, 1.82) is 0 Å². The van der Waals surface area contributed by atoms with Crippen LogP contribution < -0.4 is 14.9 Å². The first-order valence-corrected chi connectivity index (χ1v) is 9.01. The van der Waals surface area contributed by atoms with Crippen molar-refractivity contribution in [2.24, 2.45) is 0 Å². The first-order chi connectivity index (χ1) is 12.3. The van der Waals surface area contributed by atoms with Crippen molar-refractivity contribution in [2.75, 3.05) is 18.6 Å². The van der Waals surface area contributed by atoms with Crippen molar-refractivity contribution in [3.05, 3.63) is 53.6 Å². The van der Waals surface area contributed by atoms with Gasteiger partial charge in [-0.05, 0) is 30.7 Å². The Morgan fingerprint density at radius 3 is 2.84 bits per heavy atom. The molecule has 0 bridgehead atoms. The first-order valence-electron chi connectivity index (χ1n) is 8.13. The lowest BCUT2D eigenvalue weighted by molar-refractivity contribution is 0.171. The molecule has 0 aliphatic carbocycles. The molecule has 7 heteroatoms. The maximum atomic E-state index is 5.68. The van der Waals surface area contributed by atoms with Gasteiger partial charge in [0.15, 0.2) is 17.3 Å². The van der Waals surface area contributed by atoms with E-state index in [9.17, 15) is 0 Å². The monoisotopic (exact) mass is 352 g/mol. The number of hydrogen-bond acceptors (Lipinski definition) is 6. The molecular weight excluding hydrogens is 336 g/mol. The molecule has 25 heavy (non-hydrogen) atoms. The van der Waals surface area contributed by atoms with Gasteiger partial charge in [-0.1, -0.05) is 41.6 Å². The zero-order valence-electron chi connectivity index (χ0n) is 13.6. The van der Waals surface area contributed by atoms with Crippen LogP contribution in [0, 0.1) is 6.92 Å². The molecule has 2 aromatic carbocycles. The summed E-state index contributed by atoms with van der Waals surface area (Å²) < 4.78 is 13.2. The minimum atomic E-state index is 0.126. The van der Waals surface area contributed by atoms with Crippen LogP contribution in [-0.4, -0.2) is 28.1 Å². The van der Waals surface area contributed by atoms with Crippen molar-refractivity contribution in [2.45, 2.75) is 17.5 Å².